The number of aryl methyl sites for hydroxylation is 1. The van der Waals surface area contributed by atoms with E-state index >= 15 is 0 Å². The summed E-state index contributed by atoms with van der Waals surface area (Å²) in [4.78, 5) is 21.8. The van der Waals surface area contributed by atoms with Crippen molar-refractivity contribution in [2.24, 2.45) is 11.8 Å². The van der Waals surface area contributed by atoms with Crippen molar-refractivity contribution in [1.82, 2.24) is 24.9 Å². The Morgan fingerprint density at radius 1 is 1.13 bits per heavy atom. The van der Waals surface area contributed by atoms with E-state index < -0.39 is 0 Å². The van der Waals surface area contributed by atoms with Crippen LogP contribution in [0.4, 0.5) is 4.39 Å². The molecule has 0 N–H and O–H groups in total. The molecule has 2 bridgehead atoms. The van der Waals surface area contributed by atoms with E-state index in [2.05, 4.69) is 22.1 Å². The largest absolute Gasteiger partial charge is 0.491 e. The molecular weight excluding hydrogens is 397 g/mol. The Morgan fingerprint density at radius 2 is 1.84 bits per heavy atom. The van der Waals surface area contributed by atoms with Gasteiger partial charge in [-0.2, -0.15) is 10.2 Å². The fourth-order valence-corrected chi connectivity index (χ4v) is 4.72. The summed E-state index contributed by atoms with van der Waals surface area (Å²) in [6, 6.07) is 9.74. The number of carbonyl (C=O) groups excluding carboxylic acids is 1. The predicted octanol–water partition coefficient (Wildman–Crippen LogP) is 3.43. The molecule has 0 spiro atoms. The molecule has 6 rings (SSSR count). The first-order chi connectivity index (χ1) is 15.0. The lowest BCUT2D eigenvalue weighted by atomic mass is 9.64. The zero-order valence-corrected chi connectivity index (χ0v) is 17.5. The lowest BCUT2D eigenvalue weighted by molar-refractivity contribution is -0.0673. The normalized spacial score (nSPS) is 24.5. The van der Waals surface area contributed by atoms with Crippen LogP contribution in [0.2, 0.25) is 0 Å². The SMILES string of the molecule is Cc1ccc(-n2nccn2)c(C(=O)N2C3CC(C3)[C@H](C)C2COc2ccc(F)cc2)n1. The van der Waals surface area contributed by atoms with Crippen LogP contribution in [-0.2, 0) is 0 Å². The molecule has 1 amide bonds. The molecule has 2 aromatic heterocycles. The molecule has 1 unspecified atom stereocenters. The average molecular weight is 421 g/mol. The van der Waals surface area contributed by atoms with Gasteiger partial charge in [-0.25, -0.2) is 9.37 Å². The van der Waals surface area contributed by atoms with Gasteiger partial charge in [-0.15, -0.1) is 4.80 Å². The number of amides is 1. The van der Waals surface area contributed by atoms with Gasteiger partial charge in [-0.3, -0.25) is 4.79 Å². The van der Waals surface area contributed by atoms with Crippen LogP contribution in [0.5, 0.6) is 5.75 Å². The van der Waals surface area contributed by atoms with Gasteiger partial charge in [-0.05, 0) is 68.0 Å². The standard InChI is InChI=1S/C23H24FN5O2/c1-14-3-8-20(29-25-9-10-26-29)22(27-14)23(30)28-18-11-16(12-18)15(2)21(28)13-31-19-6-4-17(24)5-7-19/h3-10,15-16,18,21H,11-13H2,1-2H3/t15-,16?,18?,21?/m0/s1. The Hall–Kier alpha value is -3.29. The smallest absolute Gasteiger partial charge is 0.275 e. The number of halogens is 1. The third-order valence-electron chi connectivity index (χ3n) is 6.57. The molecule has 8 heteroatoms. The van der Waals surface area contributed by atoms with E-state index in [1.165, 1.54) is 16.9 Å². The highest BCUT2D eigenvalue weighted by atomic mass is 19.1. The molecule has 1 aromatic carbocycles. The third kappa shape index (κ3) is 3.56. The number of piperidine rings is 2. The van der Waals surface area contributed by atoms with Gasteiger partial charge in [0.1, 0.15) is 23.9 Å². The van der Waals surface area contributed by atoms with Crippen LogP contribution in [0.15, 0.2) is 48.8 Å². The molecule has 0 radical (unpaired) electrons. The van der Waals surface area contributed by atoms with Crippen LogP contribution in [0.25, 0.3) is 5.69 Å². The number of ether oxygens (including phenoxy) is 1. The van der Waals surface area contributed by atoms with E-state index in [0.29, 0.717) is 35.6 Å². The molecule has 7 nitrogen and oxygen atoms in total. The van der Waals surface area contributed by atoms with E-state index in [4.69, 9.17) is 4.74 Å². The van der Waals surface area contributed by atoms with Crippen molar-refractivity contribution < 1.29 is 13.9 Å². The first kappa shape index (κ1) is 19.7. The Kier molecular flexibility index (Phi) is 4.92. The number of hydrogen-bond acceptors (Lipinski definition) is 5. The van der Waals surface area contributed by atoms with Crippen LogP contribution in [0, 0.1) is 24.6 Å². The van der Waals surface area contributed by atoms with Crippen LogP contribution < -0.4 is 4.74 Å². The Morgan fingerprint density at radius 3 is 2.55 bits per heavy atom. The molecular formula is C23H24FN5O2. The predicted molar refractivity (Wildman–Crippen MR) is 111 cm³/mol. The van der Waals surface area contributed by atoms with Crippen molar-refractivity contribution in [3.05, 3.63) is 66.0 Å². The summed E-state index contributed by atoms with van der Waals surface area (Å²) in [6.07, 6.45) is 5.15. The summed E-state index contributed by atoms with van der Waals surface area (Å²) < 4.78 is 19.2. The van der Waals surface area contributed by atoms with Crippen molar-refractivity contribution in [1.29, 1.82) is 0 Å². The second kappa shape index (κ2) is 7.76. The molecule has 1 aliphatic carbocycles. The zero-order chi connectivity index (χ0) is 21.5. The first-order valence-corrected chi connectivity index (χ1v) is 10.6. The van der Waals surface area contributed by atoms with Crippen molar-refractivity contribution in [3.8, 4) is 11.4 Å². The second-order valence-corrected chi connectivity index (χ2v) is 8.43. The number of rotatable bonds is 5. The van der Waals surface area contributed by atoms with Gasteiger partial charge in [0.05, 0.1) is 18.4 Å². The minimum absolute atomic E-state index is 0.0872. The first-order valence-electron chi connectivity index (χ1n) is 10.6. The number of hydrogen-bond donors (Lipinski definition) is 0. The number of nitrogens with zero attached hydrogens (tertiary/aromatic N) is 5. The Balaban J connectivity index is 1.45. The quantitative estimate of drug-likeness (QED) is 0.631. The van der Waals surface area contributed by atoms with Crippen molar-refractivity contribution in [3.63, 3.8) is 0 Å². The van der Waals surface area contributed by atoms with Crippen molar-refractivity contribution in [2.45, 2.75) is 38.8 Å². The highest BCUT2D eigenvalue weighted by Gasteiger charge is 2.51. The number of fused-ring (bicyclic) bond motifs is 2. The van der Waals surface area contributed by atoms with Crippen LogP contribution in [0.3, 0.4) is 0 Å². The molecule has 4 heterocycles. The number of pyridine rings is 1. The number of benzene rings is 1. The van der Waals surface area contributed by atoms with Crippen LogP contribution >= 0.6 is 0 Å². The van der Waals surface area contributed by atoms with Gasteiger partial charge in [0.2, 0.25) is 0 Å². The van der Waals surface area contributed by atoms with Gasteiger partial charge in [-0.1, -0.05) is 6.92 Å². The van der Waals surface area contributed by atoms with E-state index in [1.54, 1.807) is 24.5 Å². The van der Waals surface area contributed by atoms with Gasteiger partial charge < -0.3 is 9.64 Å². The molecule has 2 atom stereocenters. The summed E-state index contributed by atoms with van der Waals surface area (Å²) >= 11 is 0. The van der Waals surface area contributed by atoms with Crippen molar-refractivity contribution in [2.75, 3.05) is 6.61 Å². The monoisotopic (exact) mass is 421 g/mol. The summed E-state index contributed by atoms with van der Waals surface area (Å²) in [5, 5.41) is 8.38. The molecule has 3 fully saturated rings. The molecule has 3 aromatic rings. The van der Waals surface area contributed by atoms with Gasteiger partial charge in [0, 0.05) is 11.7 Å². The fourth-order valence-electron chi connectivity index (χ4n) is 4.72. The van der Waals surface area contributed by atoms with Gasteiger partial charge in [0.25, 0.3) is 5.91 Å². The maximum Gasteiger partial charge on any atom is 0.275 e. The minimum Gasteiger partial charge on any atom is -0.491 e. The fraction of sp³-hybridized carbons (Fsp3) is 0.391. The molecule has 31 heavy (non-hydrogen) atoms. The molecule has 160 valence electrons. The summed E-state index contributed by atoms with van der Waals surface area (Å²) in [5.41, 5.74) is 1.67. The molecule has 2 saturated heterocycles. The summed E-state index contributed by atoms with van der Waals surface area (Å²) in [5.74, 6) is 1.05. The van der Waals surface area contributed by atoms with Crippen molar-refractivity contribution >= 4 is 5.91 Å². The van der Waals surface area contributed by atoms with E-state index in [0.717, 1.165) is 18.5 Å². The zero-order valence-electron chi connectivity index (χ0n) is 17.5. The van der Waals surface area contributed by atoms with E-state index in [9.17, 15) is 9.18 Å². The van der Waals surface area contributed by atoms with Crippen LogP contribution in [0.1, 0.15) is 35.9 Å². The second-order valence-electron chi connectivity index (χ2n) is 8.43. The maximum atomic E-state index is 13.8. The van der Waals surface area contributed by atoms with E-state index in [-0.39, 0.29) is 23.8 Å². The molecule has 2 aliphatic heterocycles. The third-order valence-corrected chi connectivity index (χ3v) is 6.57. The Bertz CT molecular complexity index is 1080. The topological polar surface area (TPSA) is 73.1 Å². The lowest BCUT2D eigenvalue weighted by Gasteiger charge is -2.57. The average Bonchev–Trinajstić information content (AvgIpc) is 3.27. The highest BCUT2D eigenvalue weighted by molar-refractivity contribution is 5.96. The maximum absolute atomic E-state index is 13.8. The van der Waals surface area contributed by atoms with Gasteiger partial charge >= 0.3 is 0 Å². The number of carbonyl (C=O) groups is 1. The van der Waals surface area contributed by atoms with Crippen LogP contribution in [-0.4, -0.2) is 49.5 Å². The molecule has 3 aliphatic rings. The Labute approximate surface area is 179 Å². The minimum atomic E-state index is -0.304. The summed E-state index contributed by atoms with van der Waals surface area (Å²) in [7, 11) is 0. The number of aromatic nitrogens is 4. The molecule has 1 saturated carbocycles. The summed E-state index contributed by atoms with van der Waals surface area (Å²) in [6.45, 7) is 4.40. The van der Waals surface area contributed by atoms with Gasteiger partial charge in [0.15, 0.2) is 5.69 Å². The van der Waals surface area contributed by atoms with E-state index in [1.807, 2.05) is 24.0 Å². The lowest BCUT2D eigenvalue weighted by Crippen LogP contribution is -2.64. The highest BCUT2D eigenvalue weighted by Crippen LogP contribution is 2.47.